The predicted molar refractivity (Wildman–Crippen MR) is 95.5 cm³/mol. The van der Waals surface area contributed by atoms with Crippen LogP contribution in [0, 0.1) is 0 Å². The summed E-state index contributed by atoms with van der Waals surface area (Å²) in [6, 6.07) is 9.22. The quantitative estimate of drug-likeness (QED) is 0.824. The first-order valence-electron chi connectivity index (χ1n) is 8.02. The Balaban J connectivity index is 2.00. The Kier molecular flexibility index (Phi) is 5.69. The number of sulfonamides is 1. The fraction of sp³-hybridized carbons (Fsp3) is 0.389. The third-order valence-electron chi connectivity index (χ3n) is 3.77. The minimum atomic E-state index is -3.77. The van der Waals surface area contributed by atoms with E-state index in [1.807, 2.05) is 0 Å². The van der Waals surface area contributed by atoms with Crippen molar-refractivity contribution in [2.45, 2.75) is 50.6 Å². The minimum Gasteiger partial charge on any atom is -0.467 e. The van der Waals surface area contributed by atoms with Gasteiger partial charge in [-0.25, -0.2) is 8.42 Å². The van der Waals surface area contributed by atoms with Crippen LogP contribution in [-0.4, -0.2) is 20.4 Å². The molecule has 0 fully saturated rings. The Hall–Kier alpha value is -2.12. The summed E-state index contributed by atoms with van der Waals surface area (Å²) >= 11 is 0. The molecule has 0 bridgehead atoms. The Morgan fingerprint density at radius 1 is 1.16 bits per heavy atom. The molecule has 25 heavy (non-hydrogen) atoms. The second kappa shape index (κ2) is 7.41. The summed E-state index contributed by atoms with van der Waals surface area (Å²) in [4.78, 5) is 12.2. The lowest BCUT2D eigenvalue weighted by Crippen LogP contribution is -2.44. The number of hydrogen-bond acceptors (Lipinski definition) is 4. The van der Waals surface area contributed by atoms with Gasteiger partial charge < -0.3 is 9.73 Å². The molecule has 1 aromatic heterocycles. The van der Waals surface area contributed by atoms with E-state index < -0.39 is 22.0 Å². The molecule has 136 valence electrons. The molecule has 6 nitrogen and oxygen atoms in total. The molecule has 1 amide bonds. The Morgan fingerprint density at radius 2 is 1.80 bits per heavy atom. The van der Waals surface area contributed by atoms with Crippen molar-refractivity contribution in [1.29, 1.82) is 0 Å². The average molecular weight is 364 g/mol. The smallest absolute Gasteiger partial charge is 0.241 e. The van der Waals surface area contributed by atoms with Gasteiger partial charge in [0.05, 0.1) is 23.7 Å². The number of benzene rings is 1. The number of furan rings is 1. The fourth-order valence-corrected chi connectivity index (χ4v) is 3.43. The van der Waals surface area contributed by atoms with Gasteiger partial charge in [0, 0.05) is 0 Å². The molecule has 0 saturated carbocycles. The van der Waals surface area contributed by atoms with E-state index >= 15 is 0 Å². The van der Waals surface area contributed by atoms with Crippen LogP contribution in [0.4, 0.5) is 0 Å². The standard InChI is InChI=1S/C18H24N2O4S/c1-13(17(21)19-12-15-6-5-11-24-15)20-25(22,23)16-9-7-14(8-10-16)18(2,3)4/h5-11,13,20H,12H2,1-4H3,(H,19,21)/t13-/m0/s1. The molecule has 7 heteroatoms. The number of nitrogens with one attached hydrogen (secondary N) is 2. The fourth-order valence-electron chi connectivity index (χ4n) is 2.23. The summed E-state index contributed by atoms with van der Waals surface area (Å²) in [5.74, 6) is 0.174. The molecule has 0 radical (unpaired) electrons. The van der Waals surface area contributed by atoms with Crippen LogP contribution < -0.4 is 10.0 Å². The van der Waals surface area contributed by atoms with Crippen molar-refractivity contribution in [3.63, 3.8) is 0 Å². The lowest BCUT2D eigenvalue weighted by atomic mass is 9.87. The molecule has 0 spiro atoms. The Labute approximate surface area is 148 Å². The van der Waals surface area contributed by atoms with Crippen LogP contribution in [0.3, 0.4) is 0 Å². The largest absolute Gasteiger partial charge is 0.467 e. The van der Waals surface area contributed by atoms with E-state index in [-0.39, 0.29) is 16.9 Å². The summed E-state index contributed by atoms with van der Waals surface area (Å²) in [6.45, 7) is 7.87. The molecule has 0 aliphatic rings. The van der Waals surface area contributed by atoms with Gasteiger partial charge >= 0.3 is 0 Å². The molecule has 0 aliphatic heterocycles. The van der Waals surface area contributed by atoms with Gasteiger partial charge in [-0.1, -0.05) is 32.9 Å². The van der Waals surface area contributed by atoms with Crippen LogP contribution in [0.15, 0.2) is 52.0 Å². The van der Waals surface area contributed by atoms with Crippen LogP contribution in [0.2, 0.25) is 0 Å². The maximum atomic E-state index is 12.4. The molecular formula is C18H24N2O4S. The predicted octanol–water partition coefficient (Wildman–Crippen LogP) is 2.56. The molecule has 1 heterocycles. The van der Waals surface area contributed by atoms with Gasteiger partial charge in [0.1, 0.15) is 5.76 Å². The highest BCUT2D eigenvalue weighted by Gasteiger charge is 2.23. The molecule has 0 aliphatic carbocycles. The van der Waals surface area contributed by atoms with Crippen LogP contribution in [-0.2, 0) is 26.8 Å². The van der Waals surface area contributed by atoms with Gasteiger partial charge in [-0.3, -0.25) is 4.79 Å². The van der Waals surface area contributed by atoms with E-state index in [1.165, 1.54) is 13.2 Å². The van der Waals surface area contributed by atoms with Crippen molar-refractivity contribution in [2.75, 3.05) is 0 Å². The Bertz CT molecular complexity index is 804. The normalized spacial score (nSPS) is 13.4. The SMILES string of the molecule is C[C@H](NS(=O)(=O)c1ccc(C(C)(C)C)cc1)C(=O)NCc1ccco1. The highest BCUT2D eigenvalue weighted by atomic mass is 32.2. The van der Waals surface area contributed by atoms with Crippen molar-refractivity contribution in [3.05, 3.63) is 54.0 Å². The van der Waals surface area contributed by atoms with Gasteiger partial charge in [-0.15, -0.1) is 0 Å². The van der Waals surface area contributed by atoms with Crippen molar-refractivity contribution in [1.82, 2.24) is 10.0 Å². The van der Waals surface area contributed by atoms with Crippen LogP contribution in [0.25, 0.3) is 0 Å². The second-order valence-electron chi connectivity index (χ2n) is 6.91. The summed E-state index contributed by atoms with van der Waals surface area (Å²) in [6.07, 6.45) is 1.51. The van der Waals surface area contributed by atoms with E-state index in [4.69, 9.17) is 4.42 Å². The number of rotatable bonds is 6. The van der Waals surface area contributed by atoms with Crippen molar-refractivity contribution < 1.29 is 17.6 Å². The first-order valence-corrected chi connectivity index (χ1v) is 9.51. The third-order valence-corrected chi connectivity index (χ3v) is 5.33. The van der Waals surface area contributed by atoms with E-state index in [1.54, 1.807) is 36.4 Å². The molecule has 1 aromatic carbocycles. The summed E-state index contributed by atoms with van der Waals surface area (Å²) in [7, 11) is -3.77. The first-order chi connectivity index (χ1) is 11.6. The van der Waals surface area contributed by atoms with E-state index in [2.05, 4.69) is 30.8 Å². The average Bonchev–Trinajstić information content (AvgIpc) is 3.05. The van der Waals surface area contributed by atoms with E-state index in [9.17, 15) is 13.2 Å². The lowest BCUT2D eigenvalue weighted by Gasteiger charge is -2.19. The summed E-state index contributed by atoms with van der Waals surface area (Å²) < 4.78 is 32.4. The van der Waals surface area contributed by atoms with Gasteiger partial charge in [-0.2, -0.15) is 4.72 Å². The molecule has 2 N–H and O–H groups in total. The Morgan fingerprint density at radius 3 is 2.32 bits per heavy atom. The van der Waals surface area contributed by atoms with Crippen LogP contribution in [0.1, 0.15) is 39.0 Å². The topological polar surface area (TPSA) is 88.4 Å². The zero-order valence-corrected chi connectivity index (χ0v) is 15.7. The van der Waals surface area contributed by atoms with Crippen LogP contribution in [0.5, 0.6) is 0 Å². The maximum Gasteiger partial charge on any atom is 0.241 e. The highest BCUT2D eigenvalue weighted by molar-refractivity contribution is 7.89. The molecule has 2 aromatic rings. The van der Waals surface area contributed by atoms with Crippen molar-refractivity contribution in [3.8, 4) is 0 Å². The number of hydrogen-bond donors (Lipinski definition) is 2. The molecular weight excluding hydrogens is 340 g/mol. The first kappa shape index (κ1) is 19.2. The molecule has 2 rings (SSSR count). The highest BCUT2D eigenvalue weighted by Crippen LogP contribution is 2.23. The summed E-state index contributed by atoms with van der Waals surface area (Å²) in [5, 5.41) is 2.63. The third kappa shape index (κ3) is 5.17. The molecule has 0 saturated heterocycles. The number of carbonyl (C=O) groups excluding carboxylic acids is 1. The van der Waals surface area contributed by atoms with Gasteiger partial charge in [0.25, 0.3) is 0 Å². The maximum absolute atomic E-state index is 12.4. The zero-order valence-electron chi connectivity index (χ0n) is 14.9. The van der Waals surface area contributed by atoms with E-state index in [0.29, 0.717) is 5.76 Å². The number of amides is 1. The van der Waals surface area contributed by atoms with Crippen molar-refractivity contribution in [2.24, 2.45) is 0 Å². The second-order valence-corrected chi connectivity index (χ2v) is 8.63. The van der Waals surface area contributed by atoms with Gasteiger partial charge in [0.15, 0.2) is 0 Å². The zero-order chi connectivity index (χ0) is 18.7. The van der Waals surface area contributed by atoms with Gasteiger partial charge in [0.2, 0.25) is 15.9 Å². The van der Waals surface area contributed by atoms with Crippen molar-refractivity contribution >= 4 is 15.9 Å². The molecule has 0 unspecified atom stereocenters. The monoisotopic (exact) mass is 364 g/mol. The van der Waals surface area contributed by atoms with Gasteiger partial charge in [-0.05, 0) is 42.2 Å². The molecule has 1 atom stereocenters. The van der Waals surface area contributed by atoms with Crippen LogP contribution >= 0.6 is 0 Å². The summed E-state index contributed by atoms with van der Waals surface area (Å²) in [5.41, 5.74) is 0.977. The van der Waals surface area contributed by atoms with E-state index in [0.717, 1.165) is 5.56 Å². The lowest BCUT2D eigenvalue weighted by molar-refractivity contribution is -0.122. The number of carbonyl (C=O) groups is 1. The minimum absolute atomic E-state index is 0.0608.